The van der Waals surface area contributed by atoms with Gasteiger partial charge < -0.3 is 4.90 Å². The van der Waals surface area contributed by atoms with Crippen LogP contribution in [0.25, 0.3) is 10.9 Å². The second-order valence-electron chi connectivity index (χ2n) is 5.12. The second kappa shape index (κ2) is 6.55. The van der Waals surface area contributed by atoms with Gasteiger partial charge >= 0.3 is 0 Å². The van der Waals surface area contributed by atoms with E-state index in [0.717, 1.165) is 11.9 Å². The van der Waals surface area contributed by atoms with Crippen molar-refractivity contribution in [1.29, 1.82) is 0 Å². The predicted octanol–water partition coefficient (Wildman–Crippen LogP) is 4.42. The van der Waals surface area contributed by atoms with Gasteiger partial charge in [-0.1, -0.05) is 33.3 Å². The highest BCUT2D eigenvalue weighted by atomic mass is 15.2. The van der Waals surface area contributed by atoms with Gasteiger partial charge in [-0.2, -0.15) is 0 Å². The van der Waals surface area contributed by atoms with Gasteiger partial charge in [-0.15, -0.1) is 0 Å². The molecule has 2 aromatic rings. The van der Waals surface area contributed by atoms with Crippen LogP contribution in [0.15, 0.2) is 30.5 Å². The van der Waals surface area contributed by atoms with Crippen molar-refractivity contribution in [2.75, 3.05) is 18.0 Å². The third kappa shape index (κ3) is 3.25. The van der Waals surface area contributed by atoms with Crippen molar-refractivity contribution in [2.24, 2.45) is 0 Å². The SMILES string of the molecule is CCC.CCc1ccc2ncc(N3CCC3)cc2c1. The molecule has 0 bridgehead atoms. The van der Waals surface area contributed by atoms with E-state index in [1.807, 2.05) is 6.20 Å². The highest BCUT2D eigenvalue weighted by Gasteiger charge is 2.14. The largest absolute Gasteiger partial charge is 0.370 e. The minimum atomic E-state index is 1.09. The van der Waals surface area contributed by atoms with Crippen LogP contribution in [0.4, 0.5) is 5.69 Å². The Bertz CT molecular complexity index is 530. The topological polar surface area (TPSA) is 16.1 Å². The van der Waals surface area contributed by atoms with Crippen LogP contribution in [0, 0.1) is 0 Å². The maximum absolute atomic E-state index is 4.52. The summed E-state index contributed by atoms with van der Waals surface area (Å²) in [4.78, 5) is 6.90. The molecule has 0 spiro atoms. The Kier molecular flexibility index (Phi) is 4.78. The number of rotatable bonds is 2. The standard InChI is InChI=1S/C14H16N2.C3H8/c1-2-11-4-5-14-12(8-11)9-13(10-15-14)16-6-3-7-16;1-3-2/h4-5,8-10H,2-3,6-7H2,1H3;3H2,1-2H3. The highest BCUT2D eigenvalue weighted by molar-refractivity contribution is 5.82. The zero-order valence-corrected chi connectivity index (χ0v) is 12.3. The van der Waals surface area contributed by atoms with Crippen LogP contribution in [-0.4, -0.2) is 18.1 Å². The molecule has 0 unspecified atom stereocenters. The van der Waals surface area contributed by atoms with E-state index in [0.29, 0.717) is 0 Å². The van der Waals surface area contributed by atoms with E-state index in [1.165, 1.54) is 42.6 Å². The van der Waals surface area contributed by atoms with Crippen LogP contribution in [0.2, 0.25) is 0 Å². The van der Waals surface area contributed by atoms with E-state index in [1.54, 1.807) is 0 Å². The van der Waals surface area contributed by atoms with Crippen LogP contribution < -0.4 is 4.90 Å². The van der Waals surface area contributed by atoms with Gasteiger partial charge in [-0.3, -0.25) is 4.98 Å². The van der Waals surface area contributed by atoms with E-state index < -0.39 is 0 Å². The molecule has 3 rings (SSSR count). The molecular formula is C17H24N2. The molecule has 1 saturated heterocycles. The number of nitrogens with zero attached hydrogens (tertiary/aromatic N) is 2. The van der Waals surface area contributed by atoms with Gasteiger partial charge in [0, 0.05) is 18.5 Å². The monoisotopic (exact) mass is 256 g/mol. The third-order valence-corrected chi connectivity index (χ3v) is 3.36. The molecule has 1 aliphatic rings. The molecule has 0 radical (unpaired) electrons. The van der Waals surface area contributed by atoms with Gasteiger partial charge in [0.25, 0.3) is 0 Å². The van der Waals surface area contributed by atoms with Gasteiger partial charge in [0.1, 0.15) is 0 Å². The number of aryl methyl sites for hydroxylation is 1. The Morgan fingerprint density at radius 2 is 1.84 bits per heavy atom. The van der Waals surface area contributed by atoms with E-state index in [-0.39, 0.29) is 0 Å². The number of aromatic nitrogens is 1. The lowest BCUT2D eigenvalue weighted by atomic mass is 10.1. The summed E-state index contributed by atoms with van der Waals surface area (Å²) in [7, 11) is 0. The molecule has 0 saturated carbocycles. The molecule has 0 amide bonds. The summed E-state index contributed by atoms with van der Waals surface area (Å²) in [5.74, 6) is 0. The van der Waals surface area contributed by atoms with Gasteiger partial charge in [0.15, 0.2) is 0 Å². The Balaban J connectivity index is 0.000000408. The van der Waals surface area contributed by atoms with E-state index in [2.05, 4.69) is 54.9 Å². The van der Waals surface area contributed by atoms with Gasteiger partial charge in [-0.25, -0.2) is 0 Å². The van der Waals surface area contributed by atoms with Crippen LogP contribution in [0.5, 0.6) is 0 Å². The summed E-state index contributed by atoms with van der Waals surface area (Å²) in [5.41, 5.74) is 3.75. The number of anilines is 1. The number of fused-ring (bicyclic) bond motifs is 1. The molecular weight excluding hydrogens is 232 g/mol. The van der Waals surface area contributed by atoms with Crippen LogP contribution in [-0.2, 0) is 6.42 Å². The van der Waals surface area contributed by atoms with Crippen molar-refractivity contribution in [3.05, 3.63) is 36.0 Å². The van der Waals surface area contributed by atoms with E-state index in [4.69, 9.17) is 0 Å². The van der Waals surface area contributed by atoms with Crippen molar-refractivity contribution < 1.29 is 0 Å². The fourth-order valence-corrected chi connectivity index (χ4v) is 2.14. The van der Waals surface area contributed by atoms with E-state index in [9.17, 15) is 0 Å². The molecule has 2 heterocycles. The number of hydrogen-bond acceptors (Lipinski definition) is 2. The van der Waals surface area contributed by atoms with Crippen LogP contribution in [0.3, 0.4) is 0 Å². The molecule has 1 fully saturated rings. The Morgan fingerprint density at radius 1 is 1.11 bits per heavy atom. The average molecular weight is 256 g/mol. The Labute approximate surface area is 116 Å². The lowest BCUT2D eigenvalue weighted by molar-refractivity contribution is 0.617. The lowest BCUT2D eigenvalue weighted by Gasteiger charge is -2.32. The molecule has 19 heavy (non-hydrogen) atoms. The highest BCUT2D eigenvalue weighted by Crippen LogP contribution is 2.24. The summed E-state index contributed by atoms with van der Waals surface area (Å²) in [6, 6.07) is 8.80. The first-order valence-corrected chi connectivity index (χ1v) is 7.42. The molecule has 2 nitrogen and oxygen atoms in total. The summed E-state index contributed by atoms with van der Waals surface area (Å²) in [6.45, 7) is 8.80. The van der Waals surface area contributed by atoms with Crippen molar-refractivity contribution in [3.8, 4) is 0 Å². The molecule has 1 aromatic carbocycles. The average Bonchev–Trinajstić information content (AvgIpc) is 2.37. The zero-order chi connectivity index (χ0) is 13.7. The summed E-state index contributed by atoms with van der Waals surface area (Å²) >= 11 is 0. The first kappa shape index (κ1) is 13.9. The van der Waals surface area contributed by atoms with Crippen molar-refractivity contribution in [2.45, 2.75) is 40.0 Å². The van der Waals surface area contributed by atoms with Gasteiger partial charge in [0.05, 0.1) is 17.4 Å². The first-order chi connectivity index (χ1) is 9.28. The van der Waals surface area contributed by atoms with Gasteiger partial charge in [-0.05, 0) is 36.6 Å². The number of hydrogen-bond donors (Lipinski definition) is 0. The van der Waals surface area contributed by atoms with Crippen molar-refractivity contribution in [3.63, 3.8) is 0 Å². The van der Waals surface area contributed by atoms with Crippen LogP contribution >= 0.6 is 0 Å². The number of pyridine rings is 1. The molecule has 0 N–H and O–H groups in total. The fourth-order valence-electron chi connectivity index (χ4n) is 2.14. The minimum absolute atomic E-state index is 1.09. The molecule has 2 heteroatoms. The molecule has 0 atom stereocenters. The Hall–Kier alpha value is -1.57. The molecule has 1 aliphatic heterocycles. The van der Waals surface area contributed by atoms with Crippen molar-refractivity contribution in [1.82, 2.24) is 4.98 Å². The van der Waals surface area contributed by atoms with E-state index >= 15 is 0 Å². The fraction of sp³-hybridized carbons (Fsp3) is 0.471. The second-order valence-corrected chi connectivity index (χ2v) is 5.12. The maximum atomic E-state index is 4.52. The summed E-state index contributed by atoms with van der Waals surface area (Å²) in [5, 5.41) is 1.27. The minimum Gasteiger partial charge on any atom is -0.370 e. The van der Waals surface area contributed by atoms with Crippen LogP contribution in [0.1, 0.15) is 39.2 Å². The molecule has 0 aliphatic carbocycles. The predicted molar refractivity (Wildman–Crippen MR) is 83.9 cm³/mol. The smallest absolute Gasteiger partial charge is 0.0703 e. The summed E-state index contributed by atoms with van der Waals surface area (Å²) < 4.78 is 0. The molecule has 1 aromatic heterocycles. The van der Waals surface area contributed by atoms with Gasteiger partial charge in [0.2, 0.25) is 0 Å². The zero-order valence-electron chi connectivity index (χ0n) is 12.3. The quantitative estimate of drug-likeness (QED) is 0.790. The summed E-state index contributed by atoms with van der Waals surface area (Å²) in [6.07, 6.45) is 5.64. The first-order valence-electron chi connectivity index (χ1n) is 7.42. The normalized spacial score (nSPS) is 13.7. The molecule has 102 valence electrons. The third-order valence-electron chi connectivity index (χ3n) is 3.36. The lowest BCUT2D eigenvalue weighted by Crippen LogP contribution is -2.36. The Morgan fingerprint density at radius 3 is 2.42 bits per heavy atom. The van der Waals surface area contributed by atoms with Crippen molar-refractivity contribution >= 4 is 16.6 Å². The number of benzene rings is 1. The maximum Gasteiger partial charge on any atom is 0.0703 e.